The monoisotopic (exact) mass is 636 g/mol. The lowest BCUT2D eigenvalue weighted by molar-refractivity contribution is -0.112. The van der Waals surface area contributed by atoms with E-state index in [9.17, 15) is 18.5 Å². The van der Waals surface area contributed by atoms with Crippen LogP contribution in [0.15, 0.2) is 65.1 Å². The molecule has 0 bridgehead atoms. The van der Waals surface area contributed by atoms with E-state index >= 15 is 0 Å². The molecule has 3 aromatic carbocycles. The van der Waals surface area contributed by atoms with E-state index in [4.69, 9.17) is 20.5 Å². The number of nitriles is 1. The summed E-state index contributed by atoms with van der Waals surface area (Å²) >= 11 is 7.77. The fourth-order valence-electron chi connectivity index (χ4n) is 3.17. The number of carbonyl (C=O) groups excluding carboxylic acids is 1. The van der Waals surface area contributed by atoms with Crippen molar-refractivity contribution >= 4 is 62.0 Å². The average Bonchev–Trinajstić information content (AvgIpc) is 2.83. The Morgan fingerprint density at radius 1 is 1.17 bits per heavy atom. The van der Waals surface area contributed by atoms with Crippen LogP contribution in [0.3, 0.4) is 0 Å². The van der Waals surface area contributed by atoms with Crippen LogP contribution >= 0.6 is 34.2 Å². The normalized spacial score (nSPS) is 11.5. The van der Waals surface area contributed by atoms with Gasteiger partial charge in [-0.2, -0.15) is 13.7 Å². The van der Waals surface area contributed by atoms with E-state index in [1.165, 1.54) is 36.4 Å². The van der Waals surface area contributed by atoms with Crippen LogP contribution in [0.25, 0.3) is 6.08 Å². The lowest BCUT2D eigenvalue weighted by atomic mass is 10.1. The molecule has 0 saturated carbocycles. The van der Waals surface area contributed by atoms with Crippen molar-refractivity contribution < 1.29 is 22.1 Å². The third-order valence-electron chi connectivity index (χ3n) is 5.16. The van der Waals surface area contributed by atoms with Gasteiger partial charge in [-0.25, -0.2) is 0 Å². The van der Waals surface area contributed by atoms with Gasteiger partial charge in [0.15, 0.2) is 11.5 Å². The molecule has 1 N–H and O–H groups in total. The number of hydrogen-bond donors (Lipinski definition) is 1. The molecule has 0 aliphatic heterocycles. The number of rotatable bonds is 8. The molecule has 36 heavy (non-hydrogen) atoms. The Morgan fingerprint density at radius 3 is 2.50 bits per heavy atom. The highest BCUT2D eigenvalue weighted by Crippen LogP contribution is 2.37. The second-order valence-electron chi connectivity index (χ2n) is 7.63. The highest BCUT2D eigenvalue weighted by atomic mass is 127. The first-order valence-corrected chi connectivity index (χ1v) is 13.6. The molecule has 1 amide bonds. The quantitative estimate of drug-likeness (QED) is 0.135. The maximum Gasteiger partial charge on any atom is 0.339 e. The molecular formula is C26H22ClIN2O5S. The number of nitrogens with one attached hydrogen (secondary N) is 1. The molecule has 0 aromatic heterocycles. The number of hydrogen-bond acceptors (Lipinski definition) is 6. The largest absolute Gasteiger partial charge is 0.490 e. The second kappa shape index (κ2) is 11.8. The fourth-order valence-corrected chi connectivity index (χ4v) is 5.13. The molecule has 0 unspecified atom stereocenters. The fraction of sp³-hybridized carbons (Fsp3) is 0.154. The van der Waals surface area contributed by atoms with Gasteiger partial charge in [0.1, 0.15) is 16.5 Å². The number of halogens is 2. The van der Waals surface area contributed by atoms with E-state index in [0.717, 1.165) is 11.1 Å². The topological polar surface area (TPSA) is 105 Å². The molecule has 0 heterocycles. The van der Waals surface area contributed by atoms with E-state index in [2.05, 4.69) is 5.32 Å². The van der Waals surface area contributed by atoms with Crippen LogP contribution in [0, 0.1) is 28.7 Å². The smallest absolute Gasteiger partial charge is 0.339 e. The number of ether oxygens (including phenoxy) is 1. The van der Waals surface area contributed by atoms with Gasteiger partial charge in [-0.3, -0.25) is 4.79 Å². The molecule has 0 aliphatic rings. The molecule has 186 valence electrons. The van der Waals surface area contributed by atoms with Gasteiger partial charge in [-0.05, 0) is 109 Å². The second-order valence-corrected chi connectivity index (χ2v) is 10.8. The molecule has 3 aromatic rings. The minimum Gasteiger partial charge on any atom is -0.490 e. The number of aryl methyl sites for hydroxylation is 1. The lowest BCUT2D eigenvalue weighted by Crippen LogP contribution is -2.14. The zero-order valence-corrected chi connectivity index (χ0v) is 23.4. The lowest BCUT2D eigenvalue weighted by Gasteiger charge is -2.15. The van der Waals surface area contributed by atoms with Crippen LogP contribution in [0.5, 0.6) is 11.5 Å². The molecule has 7 nitrogen and oxygen atoms in total. The molecule has 0 radical (unpaired) electrons. The summed E-state index contributed by atoms with van der Waals surface area (Å²) in [7, 11) is -4.16. The Hall–Kier alpha value is -3.07. The zero-order valence-electron chi connectivity index (χ0n) is 19.6. The summed E-state index contributed by atoms with van der Waals surface area (Å²) in [5.41, 5.74) is 2.86. The van der Waals surface area contributed by atoms with Crippen LogP contribution in [0.4, 0.5) is 5.69 Å². The van der Waals surface area contributed by atoms with Gasteiger partial charge in [0.2, 0.25) is 0 Å². The van der Waals surface area contributed by atoms with E-state index in [1.54, 1.807) is 19.1 Å². The minimum atomic E-state index is -4.16. The number of benzene rings is 3. The van der Waals surface area contributed by atoms with Crippen LogP contribution in [-0.4, -0.2) is 20.9 Å². The Bertz CT molecular complexity index is 1480. The Morgan fingerprint density at radius 2 is 1.86 bits per heavy atom. The van der Waals surface area contributed by atoms with E-state index in [-0.39, 0.29) is 28.6 Å². The molecule has 10 heteroatoms. The molecule has 0 saturated heterocycles. The molecular weight excluding hydrogens is 615 g/mol. The van der Waals surface area contributed by atoms with E-state index in [0.29, 0.717) is 19.8 Å². The molecule has 0 aliphatic carbocycles. The van der Waals surface area contributed by atoms with Gasteiger partial charge in [0.25, 0.3) is 5.91 Å². The predicted molar refractivity (Wildman–Crippen MR) is 148 cm³/mol. The number of amides is 1. The van der Waals surface area contributed by atoms with Crippen molar-refractivity contribution in [1.29, 1.82) is 5.26 Å². The number of nitrogens with zero attached hydrogens (tertiary/aromatic N) is 1. The van der Waals surface area contributed by atoms with Crippen molar-refractivity contribution in [3.63, 3.8) is 0 Å². The maximum atomic E-state index is 12.8. The third-order valence-corrected chi connectivity index (χ3v) is 7.44. The van der Waals surface area contributed by atoms with E-state index < -0.39 is 16.0 Å². The average molecular weight is 637 g/mol. The number of anilines is 1. The first-order chi connectivity index (χ1) is 17.1. The van der Waals surface area contributed by atoms with Gasteiger partial charge in [-0.15, -0.1) is 0 Å². The van der Waals surface area contributed by atoms with Crippen LogP contribution < -0.4 is 14.2 Å². The van der Waals surface area contributed by atoms with Gasteiger partial charge in [-0.1, -0.05) is 23.7 Å². The first-order valence-electron chi connectivity index (χ1n) is 10.7. The summed E-state index contributed by atoms with van der Waals surface area (Å²) in [6.45, 7) is 5.79. The first kappa shape index (κ1) is 27.5. The Labute approximate surface area is 229 Å². The summed E-state index contributed by atoms with van der Waals surface area (Å²) < 4.78 is 37.1. The minimum absolute atomic E-state index is 0.00268. The third kappa shape index (κ3) is 6.57. The van der Waals surface area contributed by atoms with Gasteiger partial charge in [0, 0.05) is 10.7 Å². The molecule has 3 rings (SSSR count). The van der Waals surface area contributed by atoms with Crippen molar-refractivity contribution in [3.8, 4) is 17.6 Å². The van der Waals surface area contributed by atoms with Crippen molar-refractivity contribution in [3.05, 3.63) is 85.5 Å². The number of carbonyl (C=O) groups is 1. The summed E-state index contributed by atoms with van der Waals surface area (Å²) in [6, 6.07) is 16.1. The Balaban J connectivity index is 1.95. The standard InChI is InChI=1S/C26H22ClIN2O5S/c1-4-34-24-14-18(12-19(15-29)26(31)30-23-7-5-6-16(2)17(23)3)13-22(28)25(24)35-36(32,33)21-10-8-20(27)9-11-21/h5-14H,4H2,1-3H3,(H,30,31)/b19-12+. The maximum absolute atomic E-state index is 12.8. The van der Waals surface area contributed by atoms with Crippen molar-refractivity contribution in [1.82, 2.24) is 0 Å². The van der Waals surface area contributed by atoms with Gasteiger partial charge in [0.05, 0.1) is 10.2 Å². The van der Waals surface area contributed by atoms with Crippen molar-refractivity contribution in [2.45, 2.75) is 25.7 Å². The summed E-state index contributed by atoms with van der Waals surface area (Å²) in [5, 5.41) is 12.8. The van der Waals surface area contributed by atoms with Gasteiger partial charge < -0.3 is 14.2 Å². The highest BCUT2D eigenvalue weighted by molar-refractivity contribution is 14.1. The summed E-state index contributed by atoms with van der Waals surface area (Å²) in [6.07, 6.45) is 1.41. The SMILES string of the molecule is CCOc1cc(/C=C(\C#N)C(=O)Nc2cccc(C)c2C)cc(I)c1OS(=O)(=O)c1ccc(Cl)cc1. The van der Waals surface area contributed by atoms with E-state index in [1.807, 2.05) is 54.6 Å². The predicted octanol–water partition coefficient (Wildman–Crippen LogP) is 6.27. The van der Waals surface area contributed by atoms with Crippen LogP contribution in [-0.2, 0) is 14.9 Å². The van der Waals surface area contributed by atoms with Gasteiger partial charge >= 0.3 is 10.1 Å². The van der Waals surface area contributed by atoms with Crippen molar-refractivity contribution in [2.75, 3.05) is 11.9 Å². The molecule has 0 atom stereocenters. The highest BCUT2D eigenvalue weighted by Gasteiger charge is 2.22. The van der Waals surface area contributed by atoms with Crippen LogP contribution in [0.1, 0.15) is 23.6 Å². The Kier molecular flexibility index (Phi) is 9.00. The van der Waals surface area contributed by atoms with Crippen molar-refractivity contribution in [2.24, 2.45) is 0 Å². The summed E-state index contributed by atoms with van der Waals surface area (Å²) in [4.78, 5) is 12.7. The zero-order chi connectivity index (χ0) is 26.5. The summed E-state index contributed by atoms with van der Waals surface area (Å²) in [5.74, 6) is -0.409. The van der Waals surface area contributed by atoms with Crippen LogP contribution in [0.2, 0.25) is 5.02 Å². The molecule has 0 spiro atoms. The molecule has 0 fully saturated rings.